The van der Waals surface area contributed by atoms with Gasteiger partial charge in [0.25, 0.3) is 0 Å². The first kappa shape index (κ1) is 15.5. The number of rotatable bonds is 8. The summed E-state index contributed by atoms with van der Waals surface area (Å²) in [5.74, 6) is 0.301. The van der Waals surface area contributed by atoms with Crippen LogP contribution in [0.2, 0.25) is 0 Å². The Morgan fingerprint density at radius 1 is 0.905 bits per heavy atom. The first-order chi connectivity index (χ1) is 10.2. The molecule has 0 atom stereocenters. The van der Waals surface area contributed by atoms with E-state index in [9.17, 15) is 4.79 Å². The normalized spacial score (nSPS) is 10.7. The van der Waals surface area contributed by atoms with Crippen molar-refractivity contribution in [3.05, 3.63) is 54.6 Å². The average molecular weight is 280 g/mol. The zero-order valence-corrected chi connectivity index (χ0v) is 12.9. The van der Waals surface area contributed by atoms with Crippen molar-refractivity contribution in [1.29, 1.82) is 0 Å². The van der Waals surface area contributed by atoms with Crippen molar-refractivity contribution in [2.45, 2.75) is 45.4 Å². The van der Waals surface area contributed by atoms with Gasteiger partial charge in [-0.15, -0.1) is 0 Å². The Morgan fingerprint density at radius 2 is 1.57 bits per heavy atom. The first-order valence-corrected chi connectivity index (χ1v) is 7.83. The largest absolute Gasteiger partial charge is 0.300 e. The van der Waals surface area contributed by atoms with Crippen LogP contribution in [0.5, 0.6) is 0 Å². The van der Waals surface area contributed by atoms with E-state index in [1.54, 1.807) is 6.92 Å². The number of fused-ring (bicyclic) bond motifs is 1. The summed E-state index contributed by atoms with van der Waals surface area (Å²) in [5.41, 5.74) is 2.46. The fourth-order valence-electron chi connectivity index (χ4n) is 2.62. The van der Waals surface area contributed by atoms with Crippen molar-refractivity contribution in [3.8, 4) is 0 Å². The maximum absolute atomic E-state index is 10.9. The number of unbranched alkanes of at least 4 members (excludes halogenated alkanes) is 3. The lowest BCUT2D eigenvalue weighted by Gasteiger charge is -2.07. The van der Waals surface area contributed by atoms with E-state index in [2.05, 4.69) is 49.0 Å². The highest BCUT2D eigenvalue weighted by molar-refractivity contribution is 5.86. The van der Waals surface area contributed by atoms with E-state index in [0.717, 1.165) is 32.1 Å². The van der Waals surface area contributed by atoms with Gasteiger partial charge in [0, 0.05) is 6.42 Å². The minimum atomic E-state index is 0.301. The fraction of sp³-hybridized carbons (Fsp3) is 0.350. The molecule has 2 rings (SSSR count). The summed E-state index contributed by atoms with van der Waals surface area (Å²) >= 11 is 0. The summed E-state index contributed by atoms with van der Waals surface area (Å²) in [6.45, 7) is 5.89. The molecule has 0 bridgehead atoms. The van der Waals surface area contributed by atoms with E-state index < -0.39 is 0 Å². The molecule has 0 heterocycles. The van der Waals surface area contributed by atoms with Crippen molar-refractivity contribution in [1.82, 2.24) is 0 Å². The predicted octanol–water partition coefficient (Wildman–Crippen LogP) is 5.78. The second-order valence-corrected chi connectivity index (χ2v) is 5.78. The smallest absolute Gasteiger partial charge is 0.129 e. The molecule has 0 aromatic heterocycles. The lowest BCUT2D eigenvalue weighted by Crippen LogP contribution is -1.90. The molecule has 0 N–H and O–H groups in total. The quantitative estimate of drug-likeness (QED) is 0.560. The monoisotopic (exact) mass is 280 g/mol. The number of hydrogen-bond donors (Lipinski definition) is 0. The molecule has 0 spiro atoms. The molecule has 0 fully saturated rings. The van der Waals surface area contributed by atoms with Gasteiger partial charge >= 0.3 is 0 Å². The van der Waals surface area contributed by atoms with E-state index >= 15 is 0 Å². The van der Waals surface area contributed by atoms with Gasteiger partial charge in [-0.3, -0.25) is 0 Å². The minimum absolute atomic E-state index is 0.301. The van der Waals surface area contributed by atoms with Crippen LogP contribution in [0.3, 0.4) is 0 Å². The molecule has 0 saturated heterocycles. The number of carbonyl (C=O) groups is 1. The number of hydrogen-bond acceptors (Lipinski definition) is 1. The van der Waals surface area contributed by atoms with Gasteiger partial charge in [0.2, 0.25) is 0 Å². The molecule has 0 aliphatic heterocycles. The zero-order valence-electron chi connectivity index (χ0n) is 12.9. The van der Waals surface area contributed by atoms with Crippen molar-refractivity contribution in [2.24, 2.45) is 0 Å². The van der Waals surface area contributed by atoms with Crippen LogP contribution in [-0.2, 0) is 4.79 Å². The van der Waals surface area contributed by atoms with Crippen LogP contribution in [0.1, 0.15) is 51.0 Å². The highest BCUT2D eigenvalue weighted by Gasteiger charge is 2.01. The Labute approximate surface area is 127 Å². The Kier molecular flexibility index (Phi) is 5.74. The third kappa shape index (κ3) is 4.86. The van der Waals surface area contributed by atoms with E-state index in [1.165, 1.54) is 28.3 Å². The lowest BCUT2D eigenvalue weighted by atomic mass is 9.98. The third-order valence-corrected chi connectivity index (χ3v) is 3.92. The van der Waals surface area contributed by atoms with Crippen LogP contribution >= 0.6 is 0 Å². The Morgan fingerprint density at radius 3 is 2.29 bits per heavy atom. The summed E-state index contributed by atoms with van der Waals surface area (Å²) in [7, 11) is 0. The maximum Gasteiger partial charge on any atom is 0.129 e. The van der Waals surface area contributed by atoms with Crippen LogP contribution < -0.4 is 0 Å². The van der Waals surface area contributed by atoms with Crippen LogP contribution in [0, 0.1) is 0 Å². The Hall–Kier alpha value is -1.89. The van der Waals surface area contributed by atoms with Gasteiger partial charge < -0.3 is 4.79 Å². The summed E-state index contributed by atoms with van der Waals surface area (Å²) in [6.07, 6.45) is 6.27. The lowest BCUT2D eigenvalue weighted by molar-refractivity contribution is -0.117. The van der Waals surface area contributed by atoms with Crippen LogP contribution in [0.15, 0.2) is 49.0 Å². The first-order valence-electron chi connectivity index (χ1n) is 7.83. The number of allylic oxidation sites excluding steroid dienone is 1. The van der Waals surface area contributed by atoms with Gasteiger partial charge in [0.1, 0.15) is 5.78 Å². The molecule has 0 aliphatic carbocycles. The molecule has 1 heteroatoms. The van der Waals surface area contributed by atoms with Gasteiger partial charge in [0.05, 0.1) is 0 Å². The van der Waals surface area contributed by atoms with Crippen LogP contribution in [0.4, 0.5) is 0 Å². The van der Waals surface area contributed by atoms with Crippen LogP contribution in [-0.4, -0.2) is 5.78 Å². The van der Waals surface area contributed by atoms with Gasteiger partial charge in [-0.1, -0.05) is 55.8 Å². The Bertz CT molecular complexity index is 625. The number of Topliss-reactive ketones (excluding diaryl/α,β-unsaturated/α-hetero) is 1. The molecule has 0 unspecified atom stereocenters. The molecule has 0 aliphatic rings. The molecule has 0 amide bonds. The van der Waals surface area contributed by atoms with Crippen molar-refractivity contribution in [2.75, 3.05) is 0 Å². The number of benzene rings is 2. The second kappa shape index (κ2) is 7.78. The van der Waals surface area contributed by atoms with E-state index in [0.29, 0.717) is 5.78 Å². The zero-order chi connectivity index (χ0) is 15.1. The highest BCUT2D eigenvalue weighted by Crippen LogP contribution is 2.24. The molecule has 0 saturated carbocycles. The molecule has 110 valence electrons. The standard InChI is InChI=1S/C20H24O/c1-16(9-5-3-4-6-10-17(2)21)19-14-13-18-11-7-8-12-20(18)15-19/h7-8,11-15H,1,3-6,9-10H2,2H3. The predicted molar refractivity (Wildman–Crippen MR) is 91.4 cm³/mol. The summed E-state index contributed by atoms with van der Waals surface area (Å²) in [5, 5.41) is 2.55. The molecular weight excluding hydrogens is 256 g/mol. The fourth-order valence-corrected chi connectivity index (χ4v) is 2.62. The van der Waals surface area contributed by atoms with Crippen LogP contribution in [0.25, 0.3) is 16.3 Å². The van der Waals surface area contributed by atoms with Crippen molar-refractivity contribution < 1.29 is 4.79 Å². The molecule has 2 aromatic rings. The maximum atomic E-state index is 10.9. The average Bonchev–Trinajstić information content (AvgIpc) is 2.49. The molecule has 21 heavy (non-hydrogen) atoms. The van der Waals surface area contributed by atoms with Gasteiger partial charge in [0.15, 0.2) is 0 Å². The third-order valence-electron chi connectivity index (χ3n) is 3.92. The number of carbonyl (C=O) groups excluding carboxylic acids is 1. The van der Waals surface area contributed by atoms with Gasteiger partial charge in [-0.2, -0.15) is 0 Å². The topological polar surface area (TPSA) is 17.1 Å². The summed E-state index contributed by atoms with van der Waals surface area (Å²) in [6, 6.07) is 15.0. The SMILES string of the molecule is C=C(CCCCCCC(C)=O)c1ccc2ccccc2c1. The molecule has 1 nitrogen and oxygen atoms in total. The summed E-state index contributed by atoms with van der Waals surface area (Å²) in [4.78, 5) is 10.9. The van der Waals surface area contributed by atoms with E-state index in [4.69, 9.17) is 0 Å². The van der Waals surface area contributed by atoms with E-state index in [-0.39, 0.29) is 0 Å². The number of ketones is 1. The summed E-state index contributed by atoms with van der Waals surface area (Å²) < 4.78 is 0. The second-order valence-electron chi connectivity index (χ2n) is 5.78. The van der Waals surface area contributed by atoms with Gasteiger partial charge in [-0.25, -0.2) is 0 Å². The molecule has 0 radical (unpaired) electrons. The minimum Gasteiger partial charge on any atom is -0.300 e. The van der Waals surface area contributed by atoms with E-state index in [1.807, 2.05) is 0 Å². The van der Waals surface area contributed by atoms with Crippen molar-refractivity contribution >= 4 is 22.1 Å². The Balaban J connectivity index is 1.80. The highest BCUT2D eigenvalue weighted by atomic mass is 16.1. The van der Waals surface area contributed by atoms with Gasteiger partial charge in [-0.05, 0) is 54.2 Å². The van der Waals surface area contributed by atoms with Crippen molar-refractivity contribution in [3.63, 3.8) is 0 Å². The molecular formula is C20H24O. The molecule has 2 aromatic carbocycles.